The van der Waals surface area contributed by atoms with E-state index in [2.05, 4.69) is 47.1 Å². The van der Waals surface area contributed by atoms with Crippen LogP contribution in [0.15, 0.2) is 65.8 Å². The predicted octanol–water partition coefficient (Wildman–Crippen LogP) is 4.49. The number of hydrogen-bond donors (Lipinski definition) is 2. The van der Waals surface area contributed by atoms with Crippen LogP contribution in [0.3, 0.4) is 0 Å². The molecule has 0 saturated carbocycles. The number of nitrogens with zero attached hydrogens (tertiary/aromatic N) is 2. The van der Waals surface area contributed by atoms with Crippen molar-refractivity contribution in [1.29, 1.82) is 0 Å². The van der Waals surface area contributed by atoms with Crippen LogP contribution in [-0.4, -0.2) is 20.7 Å². The summed E-state index contributed by atoms with van der Waals surface area (Å²) in [7, 11) is 0. The summed E-state index contributed by atoms with van der Waals surface area (Å²) >= 11 is 1.70. The van der Waals surface area contributed by atoms with Crippen LogP contribution in [0.5, 0.6) is 0 Å². The molecular formula is C21H19N3O2S. The average Bonchev–Trinajstić information content (AvgIpc) is 3.27. The first-order valence-electron chi connectivity index (χ1n) is 8.62. The van der Waals surface area contributed by atoms with Crippen LogP contribution < -0.4 is 5.43 Å². The molecule has 4 rings (SSSR count). The second kappa shape index (κ2) is 6.96. The summed E-state index contributed by atoms with van der Waals surface area (Å²) in [6, 6.07) is 19.3. The van der Waals surface area contributed by atoms with Gasteiger partial charge in [-0.25, -0.2) is 4.79 Å². The van der Waals surface area contributed by atoms with Crippen LogP contribution in [0.1, 0.15) is 38.2 Å². The third-order valence-electron chi connectivity index (χ3n) is 4.66. The number of aromatic nitrogens is 1. The zero-order valence-electron chi connectivity index (χ0n) is 15.0. The van der Waals surface area contributed by atoms with Crippen LogP contribution in [0, 0.1) is 13.8 Å². The summed E-state index contributed by atoms with van der Waals surface area (Å²) in [5.74, 6) is -0.916. The zero-order chi connectivity index (χ0) is 19.0. The lowest BCUT2D eigenvalue weighted by atomic mass is 10.2. The summed E-state index contributed by atoms with van der Waals surface area (Å²) in [6.07, 6.45) is 0. The van der Waals surface area contributed by atoms with Crippen molar-refractivity contribution in [2.75, 3.05) is 0 Å². The molecule has 1 aliphatic heterocycles. The standard InChI is InChI=1S/C21H19N3O2S/c1-13-12-18(20-23-22-19(27-20)15-6-4-3-5-7-15)14(2)24(13)17-10-8-16(9-11-17)21(25)26/h3-12,20,23H,1-2H3,(H,25,26)/t20-/m1/s1. The Bertz CT molecular complexity index is 1020. The number of carbonyl (C=O) groups is 1. The number of benzene rings is 2. The van der Waals surface area contributed by atoms with E-state index in [9.17, 15) is 4.79 Å². The maximum absolute atomic E-state index is 11.1. The first kappa shape index (κ1) is 17.4. The molecule has 2 aromatic carbocycles. The Labute approximate surface area is 161 Å². The second-order valence-electron chi connectivity index (χ2n) is 6.42. The highest BCUT2D eigenvalue weighted by atomic mass is 32.2. The van der Waals surface area contributed by atoms with Gasteiger partial charge in [0.1, 0.15) is 10.4 Å². The maximum atomic E-state index is 11.1. The largest absolute Gasteiger partial charge is 0.478 e. The van der Waals surface area contributed by atoms with Crippen molar-refractivity contribution in [3.8, 4) is 5.69 Å². The normalized spacial score (nSPS) is 16.1. The van der Waals surface area contributed by atoms with Gasteiger partial charge in [0.25, 0.3) is 0 Å². The molecule has 0 radical (unpaired) electrons. The number of hydrogen-bond acceptors (Lipinski definition) is 4. The Morgan fingerprint density at radius 3 is 2.48 bits per heavy atom. The second-order valence-corrected chi connectivity index (χ2v) is 7.52. The molecule has 5 nitrogen and oxygen atoms in total. The molecule has 136 valence electrons. The van der Waals surface area contributed by atoms with Gasteiger partial charge in [0.15, 0.2) is 0 Å². The van der Waals surface area contributed by atoms with Gasteiger partial charge >= 0.3 is 5.97 Å². The monoisotopic (exact) mass is 377 g/mol. The van der Waals surface area contributed by atoms with Gasteiger partial charge in [-0.1, -0.05) is 42.1 Å². The fourth-order valence-corrected chi connectivity index (χ4v) is 4.40. The van der Waals surface area contributed by atoms with Gasteiger partial charge in [-0.15, -0.1) is 0 Å². The van der Waals surface area contributed by atoms with Gasteiger partial charge < -0.3 is 9.67 Å². The van der Waals surface area contributed by atoms with Crippen LogP contribution in [0.4, 0.5) is 0 Å². The maximum Gasteiger partial charge on any atom is 0.335 e. The van der Waals surface area contributed by atoms with E-state index >= 15 is 0 Å². The number of nitrogens with one attached hydrogen (secondary N) is 1. The minimum atomic E-state index is -0.916. The van der Waals surface area contributed by atoms with Crippen LogP contribution in [0.2, 0.25) is 0 Å². The molecule has 6 heteroatoms. The van der Waals surface area contributed by atoms with E-state index in [-0.39, 0.29) is 10.9 Å². The third kappa shape index (κ3) is 3.24. The molecular weight excluding hydrogens is 358 g/mol. The van der Waals surface area contributed by atoms with Crippen LogP contribution in [-0.2, 0) is 0 Å². The first-order chi connectivity index (χ1) is 13.0. The highest BCUT2D eigenvalue weighted by molar-refractivity contribution is 8.14. The molecule has 0 fully saturated rings. The molecule has 3 aromatic rings. The topological polar surface area (TPSA) is 66.6 Å². The average molecular weight is 377 g/mol. The van der Waals surface area contributed by atoms with Crippen molar-refractivity contribution >= 4 is 22.8 Å². The van der Waals surface area contributed by atoms with Crippen LogP contribution >= 0.6 is 11.8 Å². The highest BCUT2D eigenvalue weighted by Crippen LogP contribution is 2.37. The molecule has 1 aromatic heterocycles. The molecule has 0 aliphatic carbocycles. The number of thioether (sulfide) groups is 1. The highest BCUT2D eigenvalue weighted by Gasteiger charge is 2.26. The van der Waals surface area contributed by atoms with Gasteiger partial charge in [0.05, 0.1) is 5.56 Å². The number of hydrazone groups is 1. The van der Waals surface area contributed by atoms with E-state index in [0.717, 1.165) is 27.7 Å². The minimum Gasteiger partial charge on any atom is -0.478 e. The number of carboxylic acids is 1. The lowest BCUT2D eigenvalue weighted by Gasteiger charge is -2.13. The molecule has 0 unspecified atom stereocenters. The lowest BCUT2D eigenvalue weighted by molar-refractivity contribution is 0.0697. The number of aromatic carboxylic acids is 1. The van der Waals surface area contributed by atoms with E-state index in [1.807, 2.05) is 30.3 Å². The summed E-state index contributed by atoms with van der Waals surface area (Å²) in [6.45, 7) is 4.14. The third-order valence-corrected chi connectivity index (χ3v) is 5.80. The smallest absolute Gasteiger partial charge is 0.335 e. The van der Waals surface area contributed by atoms with E-state index in [0.29, 0.717) is 0 Å². The summed E-state index contributed by atoms with van der Waals surface area (Å²) < 4.78 is 2.14. The Balaban J connectivity index is 1.61. The molecule has 0 amide bonds. The fourth-order valence-electron chi connectivity index (χ4n) is 3.33. The van der Waals surface area contributed by atoms with Crippen molar-refractivity contribution in [2.45, 2.75) is 19.2 Å². The Morgan fingerprint density at radius 2 is 1.81 bits per heavy atom. The molecule has 1 aliphatic rings. The molecule has 2 N–H and O–H groups in total. The van der Waals surface area contributed by atoms with Gasteiger partial charge in [-0.05, 0) is 44.2 Å². The van der Waals surface area contributed by atoms with Crippen LogP contribution in [0.25, 0.3) is 5.69 Å². The SMILES string of the molecule is Cc1cc([C@@H]2NN=C(c3ccccc3)S2)c(C)n1-c1ccc(C(=O)O)cc1. The molecule has 1 atom stereocenters. The Morgan fingerprint density at radius 1 is 1.11 bits per heavy atom. The first-order valence-corrected chi connectivity index (χ1v) is 9.50. The molecule has 0 saturated heterocycles. The zero-order valence-corrected chi connectivity index (χ0v) is 15.8. The number of rotatable bonds is 4. The number of carboxylic acid groups (broad SMARTS) is 1. The van der Waals surface area contributed by atoms with E-state index in [4.69, 9.17) is 5.11 Å². The van der Waals surface area contributed by atoms with E-state index in [1.54, 1.807) is 23.9 Å². The molecule has 0 spiro atoms. The lowest BCUT2D eigenvalue weighted by Crippen LogP contribution is -2.08. The van der Waals surface area contributed by atoms with Gasteiger partial charge in [0, 0.05) is 28.2 Å². The summed E-state index contributed by atoms with van der Waals surface area (Å²) in [5, 5.41) is 14.6. The van der Waals surface area contributed by atoms with E-state index in [1.165, 1.54) is 5.56 Å². The van der Waals surface area contributed by atoms with E-state index < -0.39 is 5.97 Å². The predicted molar refractivity (Wildman–Crippen MR) is 109 cm³/mol. The van der Waals surface area contributed by atoms with Gasteiger partial charge in [-0.2, -0.15) is 5.10 Å². The van der Waals surface area contributed by atoms with Crippen molar-refractivity contribution < 1.29 is 9.90 Å². The fraction of sp³-hybridized carbons (Fsp3) is 0.143. The molecule has 0 bridgehead atoms. The van der Waals surface area contributed by atoms with Crippen molar-refractivity contribution in [3.63, 3.8) is 0 Å². The van der Waals surface area contributed by atoms with Gasteiger partial charge in [-0.3, -0.25) is 5.43 Å². The molecule has 2 heterocycles. The molecule has 27 heavy (non-hydrogen) atoms. The summed E-state index contributed by atoms with van der Waals surface area (Å²) in [5.41, 5.74) is 8.97. The summed E-state index contributed by atoms with van der Waals surface area (Å²) in [4.78, 5) is 11.1. The Kier molecular flexibility index (Phi) is 4.49. The van der Waals surface area contributed by atoms with Crippen molar-refractivity contribution in [1.82, 2.24) is 9.99 Å². The Hall–Kier alpha value is -2.99. The van der Waals surface area contributed by atoms with Crippen molar-refractivity contribution in [2.24, 2.45) is 5.10 Å². The van der Waals surface area contributed by atoms with Gasteiger partial charge in [0.2, 0.25) is 0 Å². The van der Waals surface area contributed by atoms with Crippen molar-refractivity contribution in [3.05, 3.63) is 88.7 Å². The number of aryl methyl sites for hydroxylation is 1. The quantitative estimate of drug-likeness (QED) is 0.703. The minimum absolute atomic E-state index is 0.0541.